The molecule has 0 aromatic rings. The first kappa shape index (κ1) is 27.9. The Bertz CT molecular complexity index is 407. The molecule has 0 aliphatic heterocycles. The Morgan fingerprint density at radius 1 is 0.690 bits per heavy atom. The van der Waals surface area contributed by atoms with Gasteiger partial charge in [-0.1, -0.05) is 96.8 Å². The SMILES string of the molecule is CCCCCCCCCCCCCCCCCC(=O)NCCCC(C)(C)C(=O)O. The van der Waals surface area contributed by atoms with Gasteiger partial charge >= 0.3 is 5.97 Å². The van der Waals surface area contributed by atoms with Crippen LogP contribution >= 0.6 is 0 Å². The van der Waals surface area contributed by atoms with Crippen molar-refractivity contribution in [3.05, 3.63) is 0 Å². The Morgan fingerprint density at radius 3 is 1.52 bits per heavy atom. The number of hydrogen-bond acceptors (Lipinski definition) is 2. The van der Waals surface area contributed by atoms with E-state index >= 15 is 0 Å². The number of carbonyl (C=O) groups excluding carboxylic acids is 1. The number of carboxylic acid groups (broad SMARTS) is 1. The second kappa shape index (κ2) is 18.9. The van der Waals surface area contributed by atoms with Crippen molar-refractivity contribution < 1.29 is 14.7 Å². The predicted octanol–water partition coefficient (Wildman–Crippen LogP) is 7.26. The van der Waals surface area contributed by atoms with Crippen molar-refractivity contribution >= 4 is 11.9 Å². The maximum atomic E-state index is 11.8. The number of rotatable bonds is 21. The van der Waals surface area contributed by atoms with Gasteiger partial charge in [0.1, 0.15) is 0 Å². The quantitative estimate of drug-likeness (QED) is 0.195. The maximum Gasteiger partial charge on any atom is 0.309 e. The lowest BCUT2D eigenvalue weighted by Gasteiger charge is -2.18. The van der Waals surface area contributed by atoms with Crippen LogP contribution in [0, 0.1) is 5.41 Å². The van der Waals surface area contributed by atoms with Gasteiger partial charge in [-0.05, 0) is 33.1 Å². The molecule has 2 N–H and O–H groups in total. The van der Waals surface area contributed by atoms with E-state index in [2.05, 4.69) is 12.2 Å². The molecule has 0 saturated carbocycles. The molecule has 0 heterocycles. The van der Waals surface area contributed by atoms with Gasteiger partial charge < -0.3 is 10.4 Å². The lowest BCUT2D eigenvalue weighted by molar-refractivity contribution is -0.147. The number of amides is 1. The third kappa shape index (κ3) is 18.7. The minimum Gasteiger partial charge on any atom is -0.481 e. The Hall–Kier alpha value is -1.06. The van der Waals surface area contributed by atoms with Crippen LogP contribution in [0.1, 0.15) is 136 Å². The molecular weight excluding hydrogens is 362 g/mol. The summed E-state index contributed by atoms with van der Waals surface area (Å²) >= 11 is 0. The summed E-state index contributed by atoms with van der Waals surface area (Å²) in [5, 5.41) is 12.0. The number of carbonyl (C=O) groups is 2. The molecule has 0 bridgehead atoms. The summed E-state index contributed by atoms with van der Waals surface area (Å²) in [7, 11) is 0. The summed E-state index contributed by atoms with van der Waals surface area (Å²) in [4.78, 5) is 22.8. The van der Waals surface area contributed by atoms with Gasteiger partial charge in [-0.15, -0.1) is 0 Å². The van der Waals surface area contributed by atoms with Gasteiger partial charge in [0, 0.05) is 13.0 Å². The summed E-state index contributed by atoms with van der Waals surface area (Å²) in [6.45, 7) is 6.31. The first-order valence-corrected chi connectivity index (χ1v) is 12.4. The minimum absolute atomic E-state index is 0.104. The van der Waals surface area contributed by atoms with Crippen LogP contribution in [0.3, 0.4) is 0 Å². The van der Waals surface area contributed by atoms with E-state index in [0.717, 1.165) is 12.8 Å². The minimum atomic E-state index is -0.776. The molecule has 1 amide bonds. The Labute approximate surface area is 180 Å². The summed E-state index contributed by atoms with van der Waals surface area (Å²) in [6, 6.07) is 0. The molecule has 0 atom stereocenters. The molecule has 0 saturated heterocycles. The Morgan fingerprint density at radius 2 is 1.10 bits per heavy atom. The van der Waals surface area contributed by atoms with E-state index in [0.29, 0.717) is 25.8 Å². The molecule has 172 valence electrons. The molecule has 0 aliphatic carbocycles. The van der Waals surface area contributed by atoms with E-state index in [1.807, 2.05) is 0 Å². The van der Waals surface area contributed by atoms with Gasteiger partial charge in [0.25, 0.3) is 0 Å². The van der Waals surface area contributed by atoms with E-state index in [1.165, 1.54) is 83.5 Å². The van der Waals surface area contributed by atoms with E-state index in [9.17, 15) is 9.59 Å². The van der Waals surface area contributed by atoms with Crippen LogP contribution in [0.25, 0.3) is 0 Å². The molecule has 0 spiro atoms. The molecule has 0 rings (SSSR count). The topological polar surface area (TPSA) is 66.4 Å². The smallest absolute Gasteiger partial charge is 0.309 e. The number of unbranched alkanes of at least 4 members (excludes halogenated alkanes) is 14. The molecular formula is C25H49NO3. The third-order valence-corrected chi connectivity index (χ3v) is 5.89. The fraction of sp³-hybridized carbons (Fsp3) is 0.920. The zero-order valence-corrected chi connectivity index (χ0v) is 19.7. The first-order chi connectivity index (χ1) is 13.9. The van der Waals surface area contributed by atoms with E-state index in [-0.39, 0.29) is 5.91 Å². The second-order valence-corrected chi connectivity index (χ2v) is 9.34. The molecule has 0 unspecified atom stereocenters. The average Bonchev–Trinajstić information content (AvgIpc) is 2.68. The van der Waals surface area contributed by atoms with Crippen molar-refractivity contribution in [3.8, 4) is 0 Å². The van der Waals surface area contributed by atoms with Crippen molar-refractivity contribution in [3.63, 3.8) is 0 Å². The molecule has 4 nitrogen and oxygen atoms in total. The summed E-state index contributed by atoms with van der Waals surface area (Å²) < 4.78 is 0. The van der Waals surface area contributed by atoms with Crippen LogP contribution in [-0.2, 0) is 9.59 Å². The second-order valence-electron chi connectivity index (χ2n) is 9.34. The predicted molar refractivity (Wildman–Crippen MR) is 123 cm³/mol. The molecule has 0 aromatic carbocycles. The Kier molecular flexibility index (Phi) is 18.2. The van der Waals surface area contributed by atoms with Gasteiger partial charge in [0.2, 0.25) is 5.91 Å². The van der Waals surface area contributed by atoms with Crippen LogP contribution < -0.4 is 5.32 Å². The lowest BCUT2D eigenvalue weighted by atomic mass is 9.88. The zero-order chi connectivity index (χ0) is 21.8. The van der Waals surface area contributed by atoms with E-state index in [4.69, 9.17) is 5.11 Å². The highest BCUT2D eigenvalue weighted by Gasteiger charge is 2.26. The third-order valence-electron chi connectivity index (χ3n) is 5.89. The summed E-state index contributed by atoms with van der Waals surface area (Å²) in [5.74, 6) is -0.672. The molecule has 0 aromatic heterocycles. The van der Waals surface area contributed by atoms with Crippen molar-refractivity contribution in [1.29, 1.82) is 0 Å². The molecule has 0 aliphatic rings. The van der Waals surface area contributed by atoms with E-state index < -0.39 is 11.4 Å². The fourth-order valence-corrected chi connectivity index (χ4v) is 3.61. The number of aliphatic carboxylic acids is 1. The van der Waals surface area contributed by atoms with Crippen molar-refractivity contribution in [2.75, 3.05) is 6.54 Å². The highest BCUT2D eigenvalue weighted by molar-refractivity contribution is 5.75. The fourth-order valence-electron chi connectivity index (χ4n) is 3.61. The van der Waals surface area contributed by atoms with Crippen LogP contribution in [0.4, 0.5) is 0 Å². The standard InChI is InChI=1S/C25H49NO3/c1-4-5-6-7-8-9-10-11-12-13-14-15-16-17-18-20-23(27)26-22-19-21-25(2,3)24(28)29/h4-22H2,1-3H3,(H,26,27)(H,28,29). The summed E-state index contributed by atoms with van der Waals surface area (Å²) in [6.07, 6.45) is 21.8. The molecule has 29 heavy (non-hydrogen) atoms. The number of carboxylic acids is 1. The number of nitrogens with one attached hydrogen (secondary N) is 1. The lowest BCUT2D eigenvalue weighted by Crippen LogP contribution is -2.28. The summed E-state index contributed by atoms with van der Waals surface area (Å²) in [5.41, 5.74) is -0.709. The van der Waals surface area contributed by atoms with E-state index in [1.54, 1.807) is 13.8 Å². The normalized spacial score (nSPS) is 11.6. The largest absolute Gasteiger partial charge is 0.481 e. The molecule has 0 fully saturated rings. The zero-order valence-electron chi connectivity index (χ0n) is 19.7. The Balaban J connectivity index is 3.28. The monoisotopic (exact) mass is 411 g/mol. The van der Waals surface area contributed by atoms with Crippen LogP contribution in [0.2, 0.25) is 0 Å². The average molecular weight is 412 g/mol. The van der Waals surface area contributed by atoms with Gasteiger partial charge in [-0.25, -0.2) is 0 Å². The maximum absolute atomic E-state index is 11.8. The molecule has 4 heteroatoms. The van der Waals surface area contributed by atoms with Gasteiger partial charge in [0.05, 0.1) is 5.41 Å². The highest BCUT2D eigenvalue weighted by Crippen LogP contribution is 2.21. The van der Waals surface area contributed by atoms with Gasteiger partial charge in [-0.2, -0.15) is 0 Å². The van der Waals surface area contributed by atoms with Crippen molar-refractivity contribution in [1.82, 2.24) is 5.32 Å². The number of hydrogen-bond donors (Lipinski definition) is 2. The molecule has 0 radical (unpaired) electrons. The van der Waals surface area contributed by atoms with Crippen LogP contribution in [-0.4, -0.2) is 23.5 Å². The van der Waals surface area contributed by atoms with Gasteiger partial charge in [-0.3, -0.25) is 9.59 Å². The van der Waals surface area contributed by atoms with Crippen LogP contribution in [0.5, 0.6) is 0 Å². The first-order valence-electron chi connectivity index (χ1n) is 12.4. The van der Waals surface area contributed by atoms with Crippen LogP contribution in [0.15, 0.2) is 0 Å². The highest BCUT2D eigenvalue weighted by atomic mass is 16.4. The van der Waals surface area contributed by atoms with Gasteiger partial charge in [0.15, 0.2) is 0 Å². The van der Waals surface area contributed by atoms with Crippen molar-refractivity contribution in [2.45, 2.75) is 136 Å². The van der Waals surface area contributed by atoms with Crippen molar-refractivity contribution in [2.24, 2.45) is 5.41 Å².